The molecule has 2 rings (SSSR count). The van der Waals surface area contributed by atoms with Crippen LogP contribution >= 0.6 is 0 Å². The molecule has 1 saturated carbocycles. The Morgan fingerprint density at radius 2 is 2.11 bits per heavy atom. The molecule has 1 unspecified atom stereocenters. The highest BCUT2D eigenvalue weighted by Gasteiger charge is 2.29. The number of hydrogen-bond donors (Lipinski definition) is 6. The molecule has 0 saturated heterocycles. The molecule has 10 N–H and O–H groups in total. The van der Waals surface area contributed by atoms with Crippen LogP contribution in [0.25, 0.3) is 0 Å². The average molecular weight is 258 g/mol. The summed E-state index contributed by atoms with van der Waals surface area (Å²) in [4.78, 5) is 26.6. The number of nitrogens with zero attached hydrogens (tertiary/aromatic N) is 1. The summed E-state index contributed by atoms with van der Waals surface area (Å²) in [6.07, 6.45) is 3.99. The van der Waals surface area contributed by atoms with Crippen molar-refractivity contribution in [3.05, 3.63) is 18.2 Å². The summed E-state index contributed by atoms with van der Waals surface area (Å²) in [5, 5.41) is 8.42. The van der Waals surface area contributed by atoms with Gasteiger partial charge in [-0.2, -0.15) is 0 Å². The van der Waals surface area contributed by atoms with Gasteiger partial charge in [-0.3, -0.25) is 21.3 Å². The quantitative estimate of drug-likeness (QED) is 0.253. The van der Waals surface area contributed by atoms with Crippen LogP contribution in [0.2, 0.25) is 0 Å². The van der Waals surface area contributed by atoms with Gasteiger partial charge >= 0.3 is 5.97 Å². The van der Waals surface area contributed by atoms with E-state index in [0.717, 1.165) is 0 Å². The number of aromatic nitrogens is 2. The number of carbonyl (C=O) groups is 2. The first-order valence-corrected chi connectivity index (χ1v) is 5.08. The van der Waals surface area contributed by atoms with Crippen molar-refractivity contribution in [3.8, 4) is 0 Å². The molecule has 0 aromatic carbocycles. The van der Waals surface area contributed by atoms with Gasteiger partial charge in [-0.15, -0.1) is 0 Å². The van der Waals surface area contributed by atoms with Gasteiger partial charge in [0, 0.05) is 19.0 Å². The molecule has 1 aromatic heterocycles. The number of hydrogen-bond acceptors (Lipinski definition) is 7. The Morgan fingerprint density at radius 3 is 2.39 bits per heavy atom. The van der Waals surface area contributed by atoms with E-state index >= 15 is 0 Å². The van der Waals surface area contributed by atoms with Crippen LogP contribution in [-0.2, 0) is 16.0 Å². The topological polar surface area (TPSA) is 187 Å². The highest BCUT2D eigenvalue weighted by atomic mass is 16.4. The molecule has 1 aliphatic rings. The Morgan fingerprint density at radius 1 is 1.61 bits per heavy atom. The number of hydrazine groups is 1. The Bertz CT molecular complexity index is 366. The summed E-state index contributed by atoms with van der Waals surface area (Å²) in [6.45, 7) is 0. The third-order valence-electron chi connectivity index (χ3n) is 1.98. The minimum absolute atomic E-state index is 0.0880. The molecule has 1 heterocycles. The zero-order valence-electron chi connectivity index (χ0n) is 9.74. The Labute approximate surface area is 104 Å². The van der Waals surface area contributed by atoms with Crippen LogP contribution in [0.5, 0.6) is 0 Å². The third kappa shape index (κ3) is 6.70. The van der Waals surface area contributed by atoms with Crippen LogP contribution < -0.4 is 23.2 Å². The predicted octanol–water partition coefficient (Wildman–Crippen LogP) is -2.53. The number of imidazole rings is 1. The number of nitrogens with one attached hydrogen (secondary N) is 1. The van der Waals surface area contributed by atoms with Crippen LogP contribution in [0.15, 0.2) is 12.5 Å². The summed E-state index contributed by atoms with van der Waals surface area (Å²) >= 11 is 0. The second kappa shape index (κ2) is 8.31. The summed E-state index contributed by atoms with van der Waals surface area (Å²) in [7, 11) is 0. The molecule has 0 amide bonds. The lowest BCUT2D eigenvalue weighted by Crippen LogP contribution is -2.32. The zero-order chi connectivity index (χ0) is 14.1. The van der Waals surface area contributed by atoms with Crippen LogP contribution in [-0.4, -0.2) is 38.9 Å². The third-order valence-corrected chi connectivity index (χ3v) is 1.98. The Kier molecular flexibility index (Phi) is 7.47. The second-order valence-corrected chi connectivity index (χ2v) is 3.49. The van der Waals surface area contributed by atoms with E-state index in [9.17, 15) is 9.59 Å². The van der Waals surface area contributed by atoms with Crippen molar-refractivity contribution in [1.82, 2.24) is 9.97 Å². The molecule has 102 valence electrons. The van der Waals surface area contributed by atoms with Gasteiger partial charge in [0.25, 0.3) is 0 Å². The molecule has 9 heteroatoms. The fraction of sp³-hybridized carbons (Fsp3) is 0.444. The maximum absolute atomic E-state index is 10.3. The van der Waals surface area contributed by atoms with Gasteiger partial charge in [0.2, 0.25) is 0 Å². The van der Waals surface area contributed by atoms with Gasteiger partial charge < -0.3 is 21.6 Å². The first-order valence-electron chi connectivity index (χ1n) is 5.08. The number of rotatable bonds is 3. The molecule has 1 fully saturated rings. The molecule has 9 nitrogen and oxygen atoms in total. The first-order chi connectivity index (χ1) is 8.50. The number of nitrogens with two attached hydrogens (primary N) is 4. The van der Waals surface area contributed by atoms with E-state index in [1.807, 2.05) is 0 Å². The minimum atomic E-state index is -1.01. The molecular weight excluding hydrogens is 240 g/mol. The number of carboxylic acids is 1. The Balaban J connectivity index is 0.000000343. The highest BCUT2D eigenvalue weighted by Crippen LogP contribution is 2.07. The number of H-pyrrole nitrogens is 1. The van der Waals surface area contributed by atoms with Crippen molar-refractivity contribution >= 4 is 11.8 Å². The highest BCUT2D eigenvalue weighted by molar-refractivity contribution is 5.99. The number of carboxylic acid groups (broad SMARTS) is 1. The van der Waals surface area contributed by atoms with Gasteiger partial charge in [-0.05, 0) is 0 Å². The number of aromatic amines is 1. The lowest BCUT2D eigenvalue weighted by Gasteiger charge is -2.01. The molecule has 0 spiro atoms. The van der Waals surface area contributed by atoms with E-state index in [1.54, 1.807) is 6.20 Å². The van der Waals surface area contributed by atoms with Crippen molar-refractivity contribution in [2.75, 3.05) is 0 Å². The van der Waals surface area contributed by atoms with E-state index < -0.39 is 12.0 Å². The predicted molar refractivity (Wildman–Crippen MR) is 63.9 cm³/mol. The van der Waals surface area contributed by atoms with Crippen LogP contribution in [0.3, 0.4) is 0 Å². The van der Waals surface area contributed by atoms with Gasteiger partial charge in [0.1, 0.15) is 6.04 Å². The van der Waals surface area contributed by atoms with E-state index in [0.29, 0.717) is 12.1 Å². The summed E-state index contributed by atoms with van der Waals surface area (Å²) in [5.41, 5.74) is 10.9. The van der Waals surface area contributed by atoms with Gasteiger partial charge in [-0.1, -0.05) is 0 Å². The van der Waals surface area contributed by atoms with Crippen molar-refractivity contribution in [3.63, 3.8) is 0 Å². The average Bonchev–Trinajstić information content (AvgIpc) is 2.83. The van der Waals surface area contributed by atoms with Gasteiger partial charge in [-0.25, -0.2) is 4.98 Å². The van der Waals surface area contributed by atoms with Crippen molar-refractivity contribution in [2.24, 2.45) is 23.2 Å². The number of ketones is 1. The zero-order valence-corrected chi connectivity index (χ0v) is 9.74. The number of carbonyl (C=O) groups excluding carboxylic acids is 1. The number of aliphatic carboxylic acids is 1. The summed E-state index contributed by atoms with van der Waals surface area (Å²) < 4.78 is 0. The molecule has 0 radical (unpaired) electrons. The first kappa shape index (κ1) is 16.2. The monoisotopic (exact) mass is 258 g/mol. The second-order valence-electron chi connectivity index (χ2n) is 3.49. The number of Topliss-reactive ketones (excluding diaryl/α,β-unsaturated/α-hetero) is 1. The van der Waals surface area contributed by atoms with E-state index in [-0.39, 0.29) is 18.2 Å². The molecular formula is C9H18N6O3. The van der Waals surface area contributed by atoms with E-state index in [1.165, 1.54) is 6.33 Å². The van der Waals surface area contributed by atoms with Crippen molar-refractivity contribution in [2.45, 2.75) is 24.9 Å². The molecule has 1 aromatic rings. The van der Waals surface area contributed by atoms with Gasteiger partial charge in [0.15, 0.2) is 5.78 Å². The lowest BCUT2D eigenvalue weighted by molar-refractivity contribution is -0.138. The fourth-order valence-electron chi connectivity index (χ4n) is 0.873. The van der Waals surface area contributed by atoms with E-state index in [4.69, 9.17) is 16.6 Å². The van der Waals surface area contributed by atoms with Crippen LogP contribution in [0.4, 0.5) is 0 Å². The van der Waals surface area contributed by atoms with Crippen LogP contribution in [0.1, 0.15) is 12.1 Å². The SMILES string of the molecule is NC1CC1=O.NN.N[C@@H](Cc1c[nH]cn1)C(=O)O. The van der Waals surface area contributed by atoms with Gasteiger partial charge in [0.05, 0.1) is 18.1 Å². The largest absolute Gasteiger partial charge is 0.480 e. The maximum atomic E-state index is 10.3. The smallest absolute Gasteiger partial charge is 0.320 e. The lowest BCUT2D eigenvalue weighted by atomic mass is 10.2. The molecule has 0 aliphatic heterocycles. The molecule has 0 bridgehead atoms. The van der Waals surface area contributed by atoms with E-state index in [2.05, 4.69) is 21.7 Å². The minimum Gasteiger partial charge on any atom is -0.480 e. The Hall–Kier alpha value is -1.81. The molecule has 18 heavy (non-hydrogen) atoms. The van der Waals surface area contributed by atoms with Crippen LogP contribution in [0, 0.1) is 0 Å². The molecule has 1 aliphatic carbocycles. The van der Waals surface area contributed by atoms with Crippen molar-refractivity contribution < 1.29 is 14.7 Å². The summed E-state index contributed by atoms with van der Waals surface area (Å²) in [5.74, 6) is 7.19. The maximum Gasteiger partial charge on any atom is 0.320 e. The molecule has 2 atom stereocenters. The summed E-state index contributed by atoms with van der Waals surface area (Å²) in [6, 6.07) is -0.951. The normalized spacial score (nSPS) is 17.8. The van der Waals surface area contributed by atoms with Crippen molar-refractivity contribution in [1.29, 1.82) is 0 Å². The standard InChI is InChI=1S/C6H9N3O2.C3H5NO.H4N2/c7-5(6(10)11)1-4-2-8-3-9-4;4-2-1-3(2)5;1-2/h2-3,5H,1,7H2,(H,8,9)(H,10,11);2H,1,4H2;1-2H2/t5-;;/m0../s1. The fourth-order valence-corrected chi connectivity index (χ4v) is 0.873.